The molecule has 1 aromatic carbocycles. The van der Waals surface area contributed by atoms with Crippen LogP contribution in [0.4, 0.5) is 4.39 Å². The number of methoxy groups -OCH3 is 3. The van der Waals surface area contributed by atoms with E-state index in [0.717, 1.165) is 13.2 Å². The lowest BCUT2D eigenvalue weighted by atomic mass is 10.1. The van der Waals surface area contributed by atoms with Gasteiger partial charge in [-0.1, -0.05) is 0 Å². The Morgan fingerprint density at radius 2 is 1.59 bits per heavy atom. The van der Waals surface area contributed by atoms with Crippen molar-refractivity contribution >= 4 is 5.97 Å². The zero-order valence-corrected chi connectivity index (χ0v) is 15.6. The molecule has 10 heteroatoms. The fraction of sp³-hybridized carbons (Fsp3) is 0.588. The first-order chi connectivity index (χ1) is 13.0. The van der Waals surface area contributed by atoms with Gasteiger partial charge in [0.25, 0.3) is 0 Å². The van der Waals surface area contributed by atoms with Crippen LogP contribution in [0.1, 0.15) is 11.7 Å². The maximum absolute atomic E-state index is 14.4. The first-order valence-electron chi connectivity index (χ1n) is 8.03. The van der Waals surface area contributed by atoms with Crippen LogP contribution in [0.15, 0.2) is 12.1 Å². The van der Waals surface area contributed by atoms with Crippen LogP contribution >= 0.6 is 0 Å². The molecule has 0 aliphatic heterocycles. The molecule has 1 N–H and O–H groups in total. The molecular weight excluding hydrogens is 367 g/mol. The van der Waals surface area contributed by atoms with Crippen LogP contribution in [0.2, 0.25) is 0 Å². The normalized spacial score (nSPS) is 11.9. The molecule has 1 aromatic rings. The van der Waals surface area contributed by atoms with Gasteiger partial charge in [0.1, 0.15) is 0 Å². The van der Waals surface area contributed by atoms with Gasteiger partial charge in [0.15, 0.2) is 37.0 Å². The number of rotatable bonds is 14. The van der Waals surface area contributed by atoms with Crippen molar-refractivity contribution in [3.05, 3.63) is 23.5 Å². The number of hydrogen-bond donors (Lipinski definition) is 1. The molecule has 27 heavy (non-hydrogen) atoms. The van der Waals surface area contributed by atoms with E-state index in [2.05, 4.69) is 4.74 Å². The van der Waals surface area contributed by atoms with Crippen molar-refractivity contribution < 1.29 is 47.4 Å². The van der Waals surface area contributed by atoms with Crippen molar-refractivity contribution in [2.75, 3.05) is 61.3 Å². The topological polar surface area (TPSA) is 102 Å². The molecule has 0 saturated carbocycles. The number of carbonyl (C=O) groups excluding carboxylic acids is 1. The van der Waals surface area contributed by atoms with Crippen LogP contribution in [0.5, 0.6) is 11.5 Å². The lowest BCUT2D eigenvalue weighted by molar-refractivity contribution is -0.150. The third-order valence-electron chi connectivity index (χ3n) is 3.22. The Morgan fingerprint density at radius 1 is 1.00 bits per heavy atom. The molecule has 0 radical (unpaired) electrons. The highest BCUT2D eigenvalue weighted by Gasteiger charge is 2.23. The highest BCUT2D eigenvalue weighted by molar-refractivity contribution is 5.76. The van der Waals surface area contributed by atoms with Crippen LogP contribution in [-0.2, 0) is 28.5 Å². The van der Waals surface area contributed by atoms with Gasteiger partial charge in [-0.05, 0) is 17.7 Å². The molecule has 0 saturated heterocycles. The molecule has 0 aromatic heterocycles. The number of carbonyl (C=O) groups is 1. The van der Waals surface area contributed by atoms with Gasteiger partial charge in [-0.25, -0.2) is 9.18 Å². The zero-order valence-electron chi connectivity index (χ0n) is 15.6. The average molecular weight is 392 g/mol. The second-order valence-corrected chi connectivity index (χ2v) is 5.08. The summed E-state index contributed by atoms with van der Waals surface area (Å²) in [5, 5.41) is 9.92. The molecule has 0 spiro atoms. The molecule has 0 fully saturated rings. The minimum Gasteiger partial charge on any atom is -0.467 e. The number of benzene rings is 1. The van der Waals surface area contributed by atoms with Crippen LogP contribution in [-0.4, -0.2) is 72.4 Å². The number of aliphatic hydroxyl groups excluding tert-OH is 1. The summed E-state index contributed by atoms with van der Waals surface area (Å²) < 4.78 is 49.5. The smallest absolute Gasteiger partial charge is 0.339 e. The summed E-state index contributed by atoms with van der Waals surface area (Å²) in [4.78, 5) is 11.5. The SMILES string of the molecule is COCCOCOc1cc(C(O)C(=O)OC)cc(F)c1OCOCCOC. The number of hydrogen-bond acceptors (Lipinski definition) is 9. The lowest BCUT2D eigenvalue weighted by Crippen LogP contribution is -2.15. The second kappa shape index (κ2) is 13.2. The van der Waals surface area contributed by atoms with Crippen LogP contribution in [0.25, 0.3) is 0 Å². The van der Waals surface area contributed by atoms with E-state index in [4.69, 9.17) is 28.4 Å². The summed E-state index contributed by atoms with van der Waals surface area (Å²) in [5.74, 6) is -2.10. The quantitative estimate of drug-likeness (QED) is 0.282. The molecule has 0 heterocycles. The highest BCUT2D eigenvalue weighted by Crippen LogP contribution is 2.34. The third-order valence-corrected chi connectivity index (χ3v) is 3.22. The predicted molar refractivity (Wildman–Crippen MR) is 90.0 cm³/mol. The largest absolute Gasteiger partial charge is 0.467 e. The summed E-state index contributed by atoms with van der Waals surface area (Å²) in [6, 6.07) is 2.21. The average Bonchev–Trinajstić information content (AvgIpc) is 2.67. The van der Waals surface area contributed by atoms with E-state index in [9.17, 15) is 14.3 Å². The van der Waals surface area contributed by atoms with E-state index < -0.39 is 17.9 Å². The van der Waals surface area contributed by atoms with Gasteiger partial charge in [0.2, 0.25) is 0 Å². The number of aliphatic hydroxyl groups is 1. The van der Waals surface area contributed by atoms with Crippen LogP contribution < -0.4 is 9.47 Å². The van der Waals surface area contributed by atoms with Gasteiger partial charge < -0.3 is 38.3 Å². The predicted octanol–water partition coefficient (Wildman–Crippen LogP) is 1.03. The molecule has 154 valence electrons. The fourth-order valence-corrected chi connectivity index (χ4v) is 1.85. The summed E-state index contributed by atoms with van der Waals surface area (Å²) in [6.07, 6.45) is -1.67. The number of ether oxygens (including phenoxy) is 7. The van der Waals surface area contributed by atoms with Crippen molar-refractivity contribution in [1.29, 1.82) is 0 Å². The fourth-order valence-electron chi connectivity index (χ4n) is 1.85. The summed E-state index contributed by atoms with van der Waals surface area (Å²) >= 11 is 0. The van der Waals surface area contributed by atoms with Crippen molar-refractivity contribution in [2.45, 2.75) is 6.10 Å². The molecule has 1 unspecified atom stereocenters. The van der Waals surface area contributed by atoms with Crippen molar-refractivity contribution in [1.82, 2.24) is 0 Å². The number of halogens is 1. The molecule has 1 rings (SSSR count). The van der Waals surface area contributed by atoms with E-state index >= 15 is 0 Å². The van der Waals surface area contributed by atoms with E-state index in [-0.39, 0.29) is 43.9 Å². The van der Waals surface area contributed by atoms with Crippen molar-refractivity contribution in [3.8, 4) is 11.5 Å². The van der Waals surface area contributed by atoms with Crippen molar-refractivity contribution in [2.24, 2.45) is 0 Å². The van der Waals surface area contributed by atoms with Gasteiger partial charge in [0, 0.05) is 14.2 Å². The maximum atomic E-state index is 14.4. The summed E-state index contributed by atoms with van der Waals surface area (Å²) in [7, 11) is 4.15. The summed E-state index contributed by atoms with van der Waals surface area (Å²) in [5.41, 5.74) is -0.0566. The first-order valence-corrected chi connectivity index (χ1v) is 8.03. The Balaban J connectivity index is 2.88. The Morgan fingerprint density at radius 3 is 2.15 bits per heavy atom. The van der Waals surface area contributed by atoms with Crippen LogP contribution in [0.3, 0.4) is 0 Å². The Labute approximate surface area is 156 Å². The second-order valence-electron chi connectivity index (χ2n) is 5.08. The molecule has 0 amide bonds. The molecule has 1 atom stereocenters. The van der Waals surface area contributed by atoms with Gasteiger partial charge in [-0.15, -0.1) is 0 Å². The zero-order chi connectivity index (χ0) is 20.1. The molecule has 0 aliphatic rings. The highest BCUT2D eigenvalue weighted by atomic mass is 19.1. The van der Waals surface area contributed by atoms with Gasteiger partial charge in [-0.2, -0.15) is 0 Å². The van der Waals surface area contributed by atoms with Crippen molar-refractivity contribution in [3.63, 3.8) is 0 Å². The molecule has 0 aliphatic carbocycles. The minimum absolute atomic E-state index is 0.0566. The first kappa shape index (κ1) is 23.1. The maximum Gasteiger partial charge on any atom is 0.339 e. The van der Waals surface area contributed by atoms with Gasteiger partial charge in [-0.3, -0.25) is 0 Å². The Kier molecular flexibility index (Phi) is 11.3. The van der Waals surface area contributed by atoms with E-state index in [1.807, 2.05) is 0 Å². The van der Waals surface area contributed by atoms with Gasteiger partial charge in [0.05, 0.1) is 33.5 Å². The minimum atomic E-state index is -1.67. The molecule has 0 bridgehead atoms. The molecule has 9 nitrogen and oxygen atoms in total. The Bertz CT molecular complexity index is 568. The standard InChI is InChI=1S/C17H25FO9/c1-21-4-6-24-10-26-14-9-12(15(19)17(20)23-3)8-13(18)16(14)27-11-25-7-5-22-2/h8-9,15,19H,4-7,10-11H2,1-3H3. The van der Waals surface area contributed by atoms with E-state index in [1.165, 1.54) is 20.3 Å². The monoisotopic (exact) mass is 392 g/mol. The summed E-state index contributed by atoms with van der Waals surface area (Å²) in [6.45, 7) is 0.761. The number of esters is 1. The molecular formula is C17H25FO9. The van der Waals surface area contributed by atoms with Gasteiger partial charge >= 0.3 is 5.97 Å². The Hall–Kier alpha value is -1.98. The van der Waals surface area contributed by atoms with E-state index in [0.29, 0.717) is 13.2 Å². The van der Waals surface area contributed by atoms with E-state index in [1.54, 1.807) is 0 Å². The third kappa shape index (κ3) is 8.06. The lowest BCUT2D eigenvalue weighted by Gasteiger charge is -2.16. The van der Waals surface area contributed by atoms with Crippen LogP contribution in [0, 0.1) is 5.82 Å².